The van der Waals surface area contributed by atoms with Crippen LogP contribution >= 0.6 is 11.8 Å². The van der Waals surface area contributed by atoms with Crippen molar-refractivity contribution in [2.45, 2.75) is 31.7 Å². The van der Waals surface area contributed by atoms with Gasteiger partial charge in [0.1, 0.15) is 0 Å². The molecule has 0 aromatic rings. The molecule has 0 saturated carbocycles. The lowest BCUT2D eigenvalue weighted by atomic mass is 10.2. The molecule has 1 atom stereocenters. The van der Waals surface area contributed by atoms with Gasteiger partial charge >= 0.3 is 0 Å². The summed E-state index contributed by atoms with van der Waals surface area (Å²) in [6, 6.07) is 0.348. The van der Waals surface area contributed by atoms with Crippen LogP contribution in [0.4, 0.5) is 0 Å². The van der Waals surface area contributed by atoms with Crippen molar-refractivity contribution in [2.24, 2.45) is 0 Å². The first-order chi connectivity index (χ1) is 8.24. The Balaban J connectivity index is 2.12. The van der Waals surface area contributed by atoms with Gasteiger partial charge in [0.2, 0.25) is 5.91 Å². The molecule has 1 aliphatic heterocycles. The van der Waals surface area contributed by atoms with Gasteiger partial charge in [-0.3, -0.25) is 4.79 Å². The Bertz CT molecular complexity index is 221. The van der Waals surface area contributed by atoms with Crippen LogP contribution in [-0.2, 0) is 4.79 Å². The first-order valence-corrected chi connectivity index (χ1v) is 7.55. The standard InChI is InChI=1S/C12H24N2O2S/c1-14(6-3-2-4-7-15)12(16)9-11-10-17-8-5-13-11/h11,13,15H,2-10H2,1H3. The van der Waals surface area contributed by atoms with E-state index < -0.39 is 0 Å². The quantitative estimate of drug-likeness (QED) is 0.662. The second-order valence-corrected chi connectivity index (χ2v) is 5.68. The van der Waals surface area contributed by atoms with Gasteiger partial charge in [-0.05, 0) is 19.3 Å². The summed E-state index contributed by atoms with van der Waals surface area (Å²) in [6.07, 6.45) is 3.42. The van der Waals surface area contributed by atoms with Crippen molar-refractivity contribution in [3.05, 3.63) is 0 Å². The van der Waals surface area contributed by atoms with Gasteiger partial charge in [-0.2, -0.15) is 11.8 Å². The van der Waals surface area contributed by atoms with Crippen LogP contribution in [0.15, 0.2) is 0 Å². The highest BCUT2D eigenvalue weighted by Crippen LogP contribution is 2.11. The van der Waals surface area contributed by atoms with Crippen molar-refractivity contribution in [3.63, 3.8) is 0 Å². The summed E-state index contributed by atoms with van der Waals surface area (Å²) >= 11 is 1.92. The average molecular weight is 260 g/mol. The normalized spacial score (nSPS) is 20.2. The van der Waals surface area contributed by atoms with Gasteiger partial charge < -0.3 is 15.3 Å². The number of carbonyl (C=O) groups is 1. The molecule has 0 aromatic carbocycles. The van der Waals surface area contributed by atoms with Gasteiger partial charge in [0.25, 0.3) is 0 Å². The van der Waals surface area contributed by atoms with E-state index in [9.17, 15) is 4.79 Å². The average Bonchev–Trinajstić information content (AvgIpc) is 2.35. The van der Waals surface area contributed by atoms with Crippen molar-refractivity contribution in [3.8, 4) is 0 Å². The van der Waals surface area contributed by atoms with E-state index in [0.717, 1.165) is 43.9 Å². The van der Waals surface area contributed by atoms with Crippen LogP contribution in [0.1, 0.15) is 25.7 Å². The highest BCUT2D eigenvalue weighted by atomic mass is 32.2. The Morgan fingerprint density at radius 2 is 2.29 bits per heavy atom. The van der Waals surface area contributed by atoms with Crippen LogP contribution in [-0.4, -0.2) is 60.2 Å². The molecular formula is C12H24N2O2S. The van der Waals surface area contributed by atoms with E-state index in [1.165, 1.54) is 0 Å². The maximum absolute atomic E-state index is 11.9. The third-order valence-corrected chi connectivity index (χ3v) is 4.13. The number of aliphatic hydroxyl groups is 1. The fourth-order valence-corrected chi connectivity index (χ4v) is 2.83. The van der Waals surface area contributed by atoms with Crippen molar-refractivity contribution < 1.29 is 9.90 Å². The predicted molar refractivity (Wildman–Crippen MR) is 72.3 cm³/mol. The zero-order chi connectivity index (χ0) is 12.5. The number of carbonyl (C=O) groups excluding carboxylic acids is 1. The smallest absolute Gasteiger partial charge is 0.223 e. The van der Waals surface area contributed by atoms with Crippen LogP contribution in [0.25, 0.3) is 0 Å². The fraction of sp³-hybridized carbons (Fsp3) is 0.917. The number of nitrogens with zero attached hydrogens (tertiary/aromatic N) is 1. The molecule has 5 heteroatoms. The second-order valence-electron chi connectivity index (χ2n) is 4.53. The van der Waals surface area contributed by atoms with Crippen LogP contribution < -0.4 is 5.32 Å². The maximum atomic E-state index is 11.9. The fourth-order valence-electron chi connectivity index (χ4n) is 1.88. The lowest BCUT2D eigenvalue weighted by Crippen LogP contribution is -2.41. The maximum Gasteiger partial charge on any atom is 0.223 e. The van der Waals surface area contributed by atoms with E-state index in [2.05, 4.69) is 5.32 Å². The third kappa shape index (κ3) is 6.29. The summed E-state index contributed by atoms with van der Waals surface area (Å²) in [5.41, 5.74) is 0. The molecule has 2 N–H and O–H groups in total. The lowest BCUT2D eigenvalue weighted by molar-refractivity contribution is -0.130. The second kappa shape index (κ2) is 8.78. The topological polar surface area (TPSA) is 52.6 Å². The summed E-state index contributed by atoms with van der Waals surface area (Å²) in [5, 5.41) is 12.0. The molecule has 100 valence electrons. The molecule has 0 radical (unpaired) electrons. The molecule has 1 aliphatic rings. The molecule has 0 spiro atoms. The molecule has 1 heterocycles. The molecule has 0 aliphatic carbocycles. The highest BCUT2D eigenvalue weighted by Gasteiger charge is 2.18. The number of aliphatic hydroxyl groups excluding tert-OH is 1. The molecule has 4 nitrogen and oxygen atoms in total. The Morgan fingerprint density at radius 1 is 1.47 bits per heavy atom. The van der Waals surface area contributed by atoms with E-state index in [-0.39, 0.29) is 12.5 Å². The van der Waals surface area contributed by atoms with Gasteiger partial charge in [0, 0.05) is 50.7 Å². The molecule has 1 saturated heterocycles. The summed E-state index contributed by atoms with van der Waals surface area (Å²) < 4.78 is 0. The van der Waals surface area contributed by atoms with E-state index >= 15 is 0 Å². The molecule has 1 fully saturated rings. The first-order valence-electron chi connectivity index (χ1n) is 6.40. The Labute approximate surface area is 108 Å². The Hall–Kier alpha value is -0.260. The van der Waals surface area contributed by atoms with Gasteiger partial charge in [-0.25, -0.2) is 0 Å². The van der Waals surface area contributed by atoms with E-state index in [4.69, 9.17) is 5.11 Å². The van der Waals surface area contributed by atoms with Gasteiger partial charge in [0.05, 0.1) is 0 Å². The molecule has 17 heavy (non-hydrogen) atoms. The molecule has 0 bridgehead atoms. The molecular weight excluding hydrogens is 236 g/mol. The molecule has 1 rings (SSSR count). The minimum Gasteiger partial charge on any atom is -0.396 e. The summed E-state index contributed by atoms with van der Waals surface area (Å²) in [6.45, 7) is 2.07. The summed E-state index contributed by atoms with van der Waals surface area (Å²) in [5.74, 6) is 2.43. The molecule has 0 aromatic heterocycles. The van der Waals surface area contributed by atoms with Gasteiger partial charge in [-0.15, -0.1) is 0 Å². The van der Waals surface area contributed by atoms with Gasteiger partial charge in [0.15, 0.2) is 0 Å². The number of thioether (sulfide) groups is 1. The summed E-state index contributed by atoms with van der Waals surface area (Å²) in [7, 11) is 1.87. The first kappa shape index (κ1) is 14.8. The number of hydrogen-bond donors (Lipinski definition) is 2. The Morgan fingerprint density at radius 3 is 2.94 bits per heavy atom. The molecule has 1 unspecified atom stereocenters. The minimum absolute atomic E-state index is 0.231. The number of unbranched alkanes of at least 4 members (excludes halogenated alkanes) is 2. The van der Waals surface area contributed by atoms with Crippen LogP contribution in [0, 0.1) is 0 Å². The van der Waals surface area contributed by atoms with Crippen LogP contribution in [0.3, 0.4) is 0 Å². The largest absolute Gasteiger partial charge is 0.396 e. The van der Waals surface area contributed by atoms with E-state index in [0.29, 0.717) is 12.5 Å². The monoisotopic (exact) mass is 260 g/mol. The predicted octanol–water partition coefficient (Wildman–Crippen LogP) is 0.702. The van der Waals surface area contributed by atoms with Crippen molar-refractivity contribution in [2.75, 3.05) is 38.2 Å². The van der Waals surface area contributed by atoms with Crippen molar-refractivity contribution in [1.29, 1.82) is 0 Å². The lowest BCUT2D eigenvalue weighted by Gasteiger charge is -2.25. The van der Waals surface area contributed by atoms with Crippen molar-refractivity contribution in [1.82, 2.24) is 10.2 Å². The SMILES string of the molecule is CN(CCCCCO)C(=O)CC1CSCCN1. The zero-order valence-corrected chi connectivity index (χ0v) is 11.5. The minimum atomic E-state index is 0.231. The zero-order valence-electron chi connectivity index (χ0n) is 10.7. The Kier molecular flexibility index (Phi) is 7.64. The number of nitrogens with one attached hydrogen (secondary N) is 1. The van der Waals surface area contributed by atoms with E-state index in [1.807, 2.05) is 23.7 Å². The summed E-state index contributed by atoms with van der Waals surface area (Å²) in [4.78, 5) is 13.7. The number of hydrogen-bond acceptors (Lipinski definition) is 4. The molecule has 1 amide bonds. The van der Waals surface area contributed by atoms with Crippen LogP contribution in [0.5, 0.6) is 0 Å². The third-order valence-electron chi connectivity index (χ3n) is 3.00. The van der Waals surface area contributed by atoms with Crippen LogP contribution in [0.2, 0.25) is 0 Å². The van der Waals surface area contributed by atoms with E-state index in [1.54, 1.807) is 0 Å². The van der Waals surface area contributed by atoms with Gasteiger partial charge in [-0.1, -0.05) is 0 Å². The van der Waals surface area contributed by atoms with Crippen molar-refractivity contribution >= 4 is 17.7 Å². The number of amides is 1. The number of rotatable bonds is 7. The highest BCUT2D eigenvalue weighted by molar-refractivity contribution is 7.99.